The van der Waals surface area contributed by atoms with E-state index in [2.05, 4.69) is 28.2 Å². The number of amides is 2. The van der Waals surface area contributed by atoms with Crippen LogP contribution in [0.2, 0.25) is 0 Å². The third-order valence-corrected chi connectivity index (χ3v) is 6.96. The maximum absolute atomic E-state index is 12.3. The summed E-state index contributed by atoms with van der Waals surface area (Å²) in [4.78, 5) is 12.3. The van der Waals surface area contributed by atoms with Crippen LogP contribution in [0.1, 0.15) is 45.4 Å². The highest BCUT2D eigenvalue weighted by Crippen LogP contribution is 2.43. The second-order valence-corrected chi connectivity index (χ2v) is 9.17. The van der Waals surface area contributed by atoms with E-state index < -0.39 is 0 Å². The van der Waals surface area contributed by atoms with E-state index in [9.17, 15) is 4.79 Å². The van der Waals surface area contributed by atoms with Crippen LogP contribution in [0.5, 0.6) is 0 Å². The van der Waals surface area contributed by atoms with E-state index in [-0.39, 0.29) is 40.7 Å². The van der Waals surface area contributed by atoms with Gasteiger partial charge in [-0.3, -0.25) is 10.6 Å². The van der Waals surface area contributed by atoms with Gasteiger partial charge in [0.25, 0.3) is 0 Å². The Labute approximate surface area is 158 Å². The first-order chi connectivity index (χ1) is 11.4. The van der Waals surface area contributed by atoms with Gasteiger partial charge in [-0.2, -0.15) is 0 Å². The number of urea groups is 1. The largest absolute Gasteiger partial charge is 0.335 e. The number of halogens is 3. The van der Waals surface area contributed by atoms with Gasteiger partial charge in [0.2, 0.25) is 0 Å². The highest BCUT2D eigenvalue weighted by atomic mass is 35.5. The fourth-order valence-electron chi connectivity index (χ4n) is 4.33. The van der Waals surface area contributed by atoms with Gasteiger partial charge in [-0.15, -0.1) is 34.8 Å². The second kappa shape index (κ2) is 8.17. The third-order valence-electron chi connectivity index (χ3n) is 5.56. The van der Waals surface area contributed by atoms with Crippen LogP contribution in [-0.2, 0) is 0 Å². The lowest BCUT2D eigenvalue weighted by Gasteiger charge is -2.43. The molecule has 3 rings (SSSR count). The van der Waals surface area contributed by atoms with Gasteiger partial charge in [0.1, 0.15) is 6.29 Å². The van der Waals surface area contributed by atoms with Gasteiger partial charge in [-0.1, -0.05) is 0 Å². The van der Waals surface area contributed by atoms with Gasteiger partial charge in [-0.25, -0.2) is 4.79 Å². The maximum atomic E-state index is 12.3. The zero-order chi connectivity index (χ0) is 17.3. The topological polar surface area (TPSA) is 65.2 Å². The summed E-state index contributed by atoms with van der Waals surface area (Å²) < 4.78 is 0. The van der Waals surface area contributed by atoms with Crippen molar-refractivity contribution in [3.05, 3.63) is 0 Å². The molecule has 0 aromatic heterocycles. The minimum atomic E-state index is -0.300. The van der Waals surface area contributed by atoms with Crippen LogP contribution in [0.4, 0.5) is 4.79 Å². The summed E-state index contributed by atoms with van der Waals surface area (Å²) >= 11 is 18.8. The zero-order valence-electron chi connectivity index (χ0n) is 13.9. The van der Waals surface area contributed by atoms with E-state index in [0.717, 1.165) is 38.5 Å². The number of hydrogen-bond donors (Lipinski definition) is 4. The Morgan fingerprint density at radius 1 is 0.917 bits per heavy atom. The minimum Gasteiger partial charge on any atom is -0.335 e. The van der Waals surface area contributed by atoms with Crippen LogP contribution in [0.3, 0.4) is 0 Å². The number of carbonyl (C=O) groups is 1. The van der Waals surface area contributed by atoms with Crippen molar-refractivity contribution in [2.75, 3.05) is 0 Å². The summed E-state index contributed by atoms with van der Waals surface area (Å²) in [5.74, 6) is 1.22. The number of nitrogens with one attached hydrogen (secondary N) is 4. The van der Waals surface area contributed by atoms with Crippen molar-refractivity contribution in [1.82, 2.24) is 21.3 Å². The molecule has 1 aliphatic heterocycles. The molecule has 5 nitrogen and oxygen atoms in total. The predicted molar refractivity (Wildman–Crippen MR) is 98.6 cm³/mol. The number of fused-ring (bicyclic) bond motifs is 1. The fourth-order valence-corrected chi connectivity index (χ4v) is 5.39. The maximum Gasteiger partial charge on any atom is 0.317 e. The number of hydrogen-bond acceptors (Lipinski definition) is 3. The Balaban J connectivity index is 1.45. The Hall–Kier alpha value is 0.0600. The number of carbonyl (C=O) groups excluding carboxylic acids is 1. The van der Waals surface area contributed by atoms with Gasteiger partial charge in [0.15, 0.2) is 0 Å². The second-order valence-electron chi connectivity index (χ2n) is 7.52. The molecule has 0 aromatic rings. The fraction of sp³-hybridized carbons (Fsp3) is 0.938. The van der Waals surface area contributed by atoms with Crippen LogP contribution < -0.4 is 21.3 Å². The quantitative estimate of drug-likeness (QED) is 0.428. The molecule has 8 unspecified atom stereocenters. The summed E-state index contributed by atoms with van der Waals surface area (Å²) in [7, 11) is 0. The summed E-state index contributed by atoms with van der Waals surface area (Å²) in [6, 6.07) is 0.311. The molecule has 1 heterocycles. The molecule has 3 fully saturated rings. The average molecular weight is 398 g/mol. The summed E-state index contributed by atoms with van der Waals surface area (Å²) in [5.41, 5.74) is -0.131. The standard InChI is InChI=1S/C16H27Cl3N4O/c1-8-4-14(19)22-15(20-8)23-16(24)21-11-3-2-9-6-12(17)13(18)7-10(9)5-11/h8-15,20,22H,2-7H2,1H3,(H2,21,23,24). The van der Waals surface area contributed by atoms with Crippen molar-refractivity contribution >= 4 is 40.8 Å². The lowest BCUT2D eigenvalue weighted by Crippen LogP contribution is -2.65. The molecule has 0 bridgehead atoms. The van der Waals surface area contributed by atoms with E-state index in [4.69, 9.17) is 34.8 Å². The summed E-state index contributed by atoms with van der Waals surface area (Å²) in [6.45, 7) is 2.06. The van der Waals surface area contributed by atoms with E-state index in [1.54, 1.807) is 0 Å². The molecule has 8 atom stereocenters. The van der Waals surface area contributed by atoms with Gasteiger partial charge in [0, 0.05) is 12.1 Å². The molecule has 0 aromatic carbocycles. The smallest absolute Gasteiger partial charge is 0.317 e. The average Bonchev–Trinajstić information content (AvgIpc) is 2.47. The highest BCUT2D eigenvalue weighted by Gasteiger charge is 2.39. The lowest BCUT2D eigenvalue weighted by molar-refractivity contribution is 0.146. The molecule has 2 amide bonds. The van der Waals surface area contributed by atoms with Crippen molar-refractivity contribution in [3.8, 4) is 0 Å². The highest BCUT2D eigenvalue weighted by molar-refractivity contribution is 6.30. The predicted octanol–water partition coefficient (Wildman–Crippen LogP) is 2.90. The van der Waals surface area contributed by atoms with Crippen molar-refractivity contribution in [1.29, 1.82) is 0 Å². The number of rotatable bonds is 2. The summed E-state index contributed by atoms with van der Waals surface area (Å²) in [5, 5.41) is 12.6. The van der Waals surface area contributed by atoms with Gasteiger partial charge in [-0.05, 0) is 57.3 Å². The minimum absolute atomic E-state index is 0.0540. The van der Waals surface area contributed by atoms with Gasteiger partial charge >= 0.3 is 6.03 Å². The van der Waals surface area contributed by atoms with Crippen molar-refractivity contribution in [2.24, 2.45) is 11.8 Å². The molecular weight excluding hydrogens is 371 g/mol. The van der Waals surface area contributed by atoms with Crippen LogP contribution >= 0.6 is 34.8 Å². The molecule has 138 valence electrons. The molecule has 0 spiro atoms. The first-order valence-corrected chi connectivity index (χ1v) is 10.2. The molecular formula is C16H27Cl3N4O. The monoisotopic (exact) mass is 396 g/mol. The van der Waals surface area contributed by atoms with Gasteiger partial charge in [0.05, 0.1) is 16.3 Å². The lowest BCUT2D eigenvalue weighted by atomic mass is 9.69. The Bertz CT molecular complexity index is 445. The van der Waals surface area contributed by atoms with Crippen LogP contribution in [0, 0.1) is 11.8 Å². The van der Waals surface area contributed by atoms with Crippen LogP contribution in [0.25, 0.3) is 0 Å². The summed E-state index contributed by atoms with van der Waals surface area (Å²) in [6.07, 6.45) is 5.60. The molecule has 8 heteroatoms. The van der Waals surface area contributed by atoms with Crippen molar-refractivity contribution < 1.29 is 4.79 Å². The molecule has 2 saturated carbocycles. The molecule has 3 aliphatic rings. The van der Waals surface area contributed by atoms with E-state index >= 15 is 0 Å². The van der Waals surface area contributed by atoms with Crippen molar-refractivity contribution in [2.45, 2.75) is 80.1 Å². The molecule has 4 N–H and O–H groups in total. The van der Waals surface area contributed by atoms with E-state index in [1.165, 1.54) is 0 Å². The molecule has 0 radical (unpaired) electrons. The van der Waals surface area contributed by atoms with Gasteiger partial charge < -0.3 is 10.6 Å². The Morgan fingerprint density at radius 2 is 1.62 bits per heavy atom. The first-order valence-electron chi connectivity index (χ1n) is 8.92. The first kappa shape index (κ1) is 18.8. The SMILES string of the molecule is CC1CC(Cl)NC(NC(=O)NC2CCC3CC(Cl)C(Cl)CC3C2)N1. The van der Waals surface area contributed by atoms with Crippen LogP contribution in [0.15, 0.2) is 0 Å². The van der Waals surface area contributed by atoms with E-state index in [1.807, 2.05) is 0 Å². The number of alkyl halides is 3. The molecule has 24 heavy (non-hydrogen) atoms. The zero-order valence-corrected chi connectivity index (χ0v) is 16.2. The molecule has 1 saturated heterocycles. The van der Waals surface area contributed by atoms with Crippen LogP contribution in [-0.4, -0.2) is 40.7 Å². The Morgan fingerprint density at radius 3 is 2.33 bits per heavy atom. The van der Waals surface area contributed by atoms with Crippen molar-refractivity contribution in [3.63, 3.8) is 0 Å². The molecule has 2 aliphatic carbocycles. The van der Waals surface area contributed by atoms with E-state index in [0.29, 0.717) is 11.8 Å². The third kappa shape index (κ3) is 4.82. The normalized spacial score (nSPS) is 46.0. The Kier molecular flexibility index (Phi) is 6.41.